The van der Waals surface area contributed by atoms with Gasteiger partial charge in [0.2, 0.25) is 0 Å². The molecular weight excluding hydrogens is 200 g/mol. The molecule has 0 saturated heterocycles. The molecule has 0 radical (unpaired) electrons. The van der Waals surface area contributed by atoms with Crippen molar-refractivity contribution in [2.75, 3.05) is 5.88 Å². The highest BCUT2D eigenvalue weighted by Gasteiger charge is 2.06. The van der Waals surface area contributed by atoms with Gasteiger partial charge in [0.1, 0.15) is 0 Å². The van der Waals surface area contributed by atoms with E-state index in [1.807, 2.05) is 25.1 Å². The summed E-state index contributed by atoms with van der Waals surface area (Å²) in [6, 6.07) is 5.58. The molecule has 0 atom stereocenters. The Hall–Kier alpha value is -0.860. The summed E-state index contributed by atoms with van der Waals surface area (Å²) in [6.45, 7) is 1.91. The predicted octanol–water partition coefficient (Wildman–Crippen LogP) is 1.84. The van der Waals surface area contributed by atoms with Crippen LogP contribution >= 0.6 is 11.6 Å². The normalized spacial score (nSPS) is 10.2. The van der Waals surface area contributed by atoms with Gasteiger partial charge in [-0.3, -0.25) is 4.79 Å². The molecule has 1 aromatic rings. The molecule has 2 nitrogen and oxygen atoms in total. The molecule has 14 heavy (non-hydrogen) atoms. The molecule has 0 spiro atoms. The number of Topliss-reactive ketones (excluding diaryl/α,β-unsaturated/α-hetero) is 1. The van der Waals surface area contributed by atoms with Gasteiger partial charge in [0, 0.05) is 6.42 Å². The van der Waals surface area contributed by atoms with Gasteiger partial charge in [0.15, 0.2) is 5.78 Å². The molecular formula is C11H13ClO2. The van der Waals surface area contributed by atoms with Crippen molar-refractivity contribution in [2.45, 2.75) is 20.0 Å². The molecule has 1 aromatic carbocycles. The standard InChI is InChI=1S/C11H13ClO2/c1-8-9(5-11(14)6-12)3-2-4-10(8)7-13/h2-4,13H,5-7H2,1H3. The summed E-state index contributed by atoms with van der Waals surface area (Å²) in [7, 11) is 0. The predicted molar refractivity (Wildman–Crippen MR) is 56.5 cm³/mol. The van der Waals surface area contributed by atoms with Gasteiger partial charge in [0.05, 0.1) is 12.5 Å². The number of benzene rings is 1. The monoisotopic (exact) mass is 212 g/mol. The van der Waals surface area contributed by atoms with Gasteiger partial charge in [-0.05, 0) is 23.6 Å². The van der Waals surface area contributed by atoms with Gasteiger partial charge in [0.25, 0.3) is 0 Å². The van der Waals surface area contributed by atoms with Crippen LogP contribution in [0, 0.1) is 6.92 Å². The lowest BCUT2D eigenvalue weighted by Gasteiger charge is -2.07. The Kier molecular flexibility index (Phi) is 4.11. The summed E-state index contributed by atoms with van der Waals surface area (Å²) in [5.41, 5.74) is 2.79. The molecule has 1 rings (SSSR count). The number of rotatable bonds is 4. The number of alkyl halides is 1. The van der Waals surface area contributed by atoms with Gasteiger partial charge in [-0.1, -0.05) is 18.2 Å². The van der Waals surface area contributed by atoms with Crippen LogP contribution in [0.4, 0.5) is 0 Å². The smallest absolute Gasteiger partial charge is 0.151 e. The van der Waals surface area contributed by atoms with Crippen LogP contribution in [0.3, 0.4) is 0 Å². The van der Waals surface area contributed by atoms with Crippen molar-refractivity contribution in [1.82, 2.24) is 0 Å². The zero-order valence-electron chi connectivity index (χ0n) is 8.09. The molecule has 0 unspecified atom stereocenters. The van der Waals surface area contributed by atoms with Crippen molar-refractivity contribution in [3.05, 3.63) is 34.9 Å². The summed E-state index contributed by atoms with van der Waals surface area (Å²) < 4.78 is 0. The Labute approximate surface area is 88.5 Å². The molecule has 0 saturated carbocycles. The van der Waals surface area contributed by atoms with E-state index in [0.717, 1.165) is 16.7 Å². The molecule has 0 amide bonds. The number of carbonyl (C=O) groups excluding carboxylic acids is 1. The van der Waals surface area contributed by atoms with Gasteiger partial charge in [-0.2, -0.15) is 0 Å². The van der Waals surface area contributed by atoms with Crippen molar-refractivity contribution in [3.8, 4) is 0 Å². The topological polar surface area (TPSA) is 37.3 Å². The molecule has 1 N–H and O–H groups in total. The van der Waals surface area contributed by atoms with Crippen LogP contribution in [0.2, 0.25) is 0 Å². The van der Waals surface area contributed by atoms with E-state index >= 15 is 0 Å². The zero-order valence-corrected chi connectivity index (χ0v) is 8.84. The third-order valence-electron chi connectivity index (χ3n) is 2.27. The van der Waals surface area contributed by atoms with Crippen LogP contribution in [0.5, 0.6) is 0 Å². The van der Waals surface area contributed by atoms with E-state index in [0.29, 0.717) is 6.42 Å². The summed E-state index contributed by atoms with van der Waals surface area (Å²) in [5.74, 6) is 0.0489. The van der Waals surface area contributed by atoms with E-state index in [9.17, 15) is 4.79 Å². The fraction of sp³-hybridized carbons (Fsp3) is 0.364. The van der Waals surface area contributed by atoms with Crippen molar-refractivity contribution >= 4 is 17.4 Å². The first-order valence-corrected chi connectivity index (χ1v) is 4.98. The van der Waals surface area contributed by atoms with E-state index in [4.69, 9.17) is 16.7 Å². The van der Waals surface area contributed by atoms with Crippen LogP contribution in [0.1, 0.15) is 16.7 Å². The minimum Gasteiger partial charge on any atom is -0.392 e. The van der Waals surface area contributed by atoms with Crippen molar-refractivity contribution in [2.24, 2.45) is 0 Å². The van der Waals surface area contributed by atoms with Crippen LogP contribution < -0.4 is 0 Å². The Bertz CT molecular complexity index is 334. The SMILES string of the molecule is Cc1c(CO)cccc1CC(=O)CCl. The number of hydrogen-bond acceptors (Lipinski definition) is 2. The molecule has 0 aromatic heterocycles. The maximum Gasteiger partial charge on any atom is 0.151 e. The molecule has 76 valence electrons. The number of aliphatic hydroxyl groups is 1. The third-order valence-corrected chi connectivity index (χ3v) is 2.56. The van der Waals surface area contributed by atoms with Crippen LogP contribution in [0.25, 0.3) is 0 Å². The Morgan fingerprint density at radius 1 is 1.43 bits per heavy atom. The summed E-state index contributed by atoms with van der Waals surface area (Å²) >= 11 is 5.43. The first kappa shape index (κ1) is 11.2. The largest absolute Gasteiger partial charge is 0.392 e. The maximum absolute atomic E-state index is 11.1. The lowest BCUT2D eigenvalue weighted by molar-refractivity contribution is -0.116. The first-order chi connectivity index (χ1) is 6.69. The lowest BCUT2D eigenvalue weighted by Crippen LogP contribution is -2.06. The average Bonchev–Trinajstić information content (AvgIpc) is 2.21. The fourth-order valence-electron chi connectivity index (χ4n) is 1.36. The zero-order chi connectivity index (χ0) is 10.6. The first-order valence-electron chi connectivity index (χ1n) is 4.45. The van der Waals surface area contributed by atoms with Crippen molar-refractivity contribution < 1.29 is 9.90 Å². The maximum atomic E-state index is 11.1. The second-order valence-electron chi connectivity index (χ2n) is 3.21. The summed E-state index contributed by atoms with van der Waals surface area (Å²) in [6.07, 6.45) is 0.350. The summed E-state index contributed by atoms with van der Waals surface area (Å²) in [5, 5.41) is 9.02. The molecule has 0 aliphatic heterocycles. The fourth-order valence-corrected chi connectivity index (χ4v) is 1.45. The molecule has 0 heterocycles. The van der Waals surface area contributed by atoms with Crippen molar-refractivity contribution in [1.29, 1.82) is 0 Å². The van der Waals surface area contributed by atoms with Gasteiger partial charge >= 0.3 is 0 Å². The number of halogens is 1. The third kappa shape index (κ3) is 2.56. The molecule has 3 heteroatoms. The highest BCUT2D eigenvalue weighted by Crippen LogP contribution is 2.14. The molecule has 0 fully saturated rings. The van der Waals surface area contributed by atoms with E-state index < -0.39 is 0 Å². The van der Waals surface area contributed by atoms with E-state index in [-0.39, 0.29) is 18.3 Å². The second-order valence-corrected chi connectivity index (χ2v) is 3.48. The lowest BCUT2D eigenvalue weighted by atomic mass is 9.99. The van der Waals surface area contributed by atoms with Crippen LogP contribution in [-0.2, 0) is 17.8 Å². The van der Waals surface area contributed by atoms with E-state index in [1.54, 1.807) is 0 Å². The van der Waals surface area contributed by atoms with E-state index in [1.165, 1.54) is 0 Å². The summed E-state index contributed by atoms with van der Waals surface area (Å²) in [4.78, 5) is 11.1. The number of ketones is 1. The average molecular weight is 213 g/mol. The molecule has 0 aliphatic carbocycles. The molecule has 0 aliphatic rings. The quantitative estimate of drug-likeness (QED) is 0.774. The number of aliphatic hydroxyl groups excluding tert-OH is 1. The van der Waals surface area contributed by atoms with Gasteiger partial charge < -0.3 is 5.11 Å². The van der Waals surface area contributed by atoms with Crippen LogP contribution in [-0.4, -0.2) is 16.8 Å². The highest BCUT2D eigenvalue weighted by molar-refractivity contribution is 6.27. The van der Waals surface area contributed by atoms with Gasteiger partial charge in [-0.15, -0.1) is 11.6 Å². The van der Waals surface area contributed by atoms with Crippen LogP contribution in [0.15, 0.2) is 18.2 Å². The van der Waals surface area contributed by atoms with E-state index in [2.05, 4.69) is 0 Å². The Balaban J connectivity index is 2.92. The number of hydrogen-bond donors (Lipinski definition) is 1. The highest BCUT2D eigenvalue weighted by atomic mass is 35.5. The minimum atomic E-state index is 0.00450. The van der Waals surface area contributed by atoms with Gasteiger partial charge in [-0.25, -0.2) is 0 Å². The van der Waals surface area contributed by atoms with Crippen molar-refractivity contribution in [3.63, 3.8) is 0 Å². The minimum absolute atomic E-state index is 0.00450. The Morgan fingerprint density at radius 2 is 2.07 bits per heavy atom. The molecule has 0 bridgehead atoms. The number of carbonyl (C=O) groups is 1. The Morgan fingerprint density at radius 3 is 2.64 bits per heavy atom. The second kappa shape index (κ2) is 5.13.